The third kappa shape index (κ3) is 1.80. The quantitative estimate of drug-likeness (QED) is 0.620. The van der Waals surface area contributed by atoms with E-state index >= 15 is 0 Å². The molecule has 0 saturated carbocycles. The second kappa shape index (κ2) is 4.43. The molecule has 3 heteroatoms. The summed E-state index contributed by atoms with van der Waals surface area (Å²) in [5, 5.41) is 9.98. The predicted octanol–water partition coefficient (Wildman–Crippen LogP) is 3.33. The molecule has 0 saturated heterocycles. The topological polar surface area (TPSA) is 54.0 Å². The van der Waals surface area contributed by atoms with E-state index in [4.69, 9.17) is 4.42 Å². The summed E-state index contributed by atoms with van der Waals surface area (Å²) in [6, 6.07) is 18.6. The fourth-order valence-corrected chi connectivity index (χ4v) is 2.16. The zero-order chi connectivity index (χ0) is 13.2. The zero-order valence-electron chi connectivity index (χ0n) is 9.96. The molecule has 0 N–H and O–H groups in total. The minimum Gasteiger partial charge on any atom is -0.422 e. The maximum atomic E-state index is 11.9. The highest BCUT2D eigenvalue weighted by molar-refractivity contribution is 5.95. The van der Waals surface area contributed by atoms with E-state index in [1.54, 1.807) is 12.1 Å². The molecule has 0 unspecified atom stereocenters. The lowest BCUT2D eigenvalue weighted by Gasteiger charge is -2.07. The average molecular weight is 247 g/mol. The minimum absolute atomic E-state index is 0.0462. The molecular formula is C16H9NO2. The van der Waals surface area contributed by atoms with Gasteiger partial charge in [0.15, 0.2) is 0 Å². The molecule has 19 heavy (non-hydrogen) atoms. The molecule has 90 valence electrons. The predicted molar refractivity (Wildman–Crippen MR) is 72.6 cm³/mol. The van der Waals surface area contributed by atoms with Crippen LogP contribution in [0.4, 0.5) is 0 Å². The van der Waals surface area contributed by atoms with Crippen molar-refractivity contribution in [2.45, 2.75) is 0 Å². The van der Waals surface area contributed by atoms with Gasteiger partial charge in [-0.1, -0.05) is 48.5 Å². The molecule has 2 aromatic carbocycles. The third-order valence-electron chi connectivity index (χ3n) is 2.99. The molecule has 1 heterocycles. The van der Waals surface area contributed by atoms with E-state index in [1.807, 2.05) is 48.5 Å². The van der Waals surface area contributed by atoms with Crippen LogP contribution in [0.3, 0.4) is 0 Å². The van der Waals surface area contributed by atoms with Gasteiger partial charge in [0, 0.05) is 10.9 Å². The second-order valence-electron chi connectivity index (χ2n) is 4.11. The molecule has 0 bridgehead atoms. The number of benzene rings is 2. The normalized spacial score (nSPS) is 10.3. The van der Waals surface area contributed by atoms with Crippen molar-refractivity contribution in [2.75, 3.05) is 0 Å². The van der Waals surface area contributed by atoms with E-state index < -0.39 is 5.63 Å². The van der Waals surface area contributed by atoms with Crippen LogP contribution >= 0.6 is 0 Å². The summed E-state index contributed by atoms with van der Waals surface area (Å²) in [7, 11) is 0. The van der Waals surface area contributed by atoms with Crippen molar-refractivity contribution in [3.05, 3.63) is 70.6 Å². The summed E-state index contributed by atoms with van der Waals surface area (Å²) in [6.07, 6.45) is 0. The van der Waals surface area contributed by atoms with Crippen molar-refractivity contribution in [3.8, 4) is 17.2 Å². The van der Waals surface area contributed by atoms with Crippen LogP contribution in [0, 0.1) is 11.3 Å². The van der Waals surface area contributed by atoms with Gasteiger partial charge in [-0.05, 0) is 11.6 Å². The van der Waals surface area contributed by atoms with Crippen LogP contribution in [0.25, 0.3) is 22.1 Å². The Morgan fingerprint density at radius 2 is 1.63 bits per heavy atom. The number of rotatable bonds is 1. The molecule has 0 spiro atoms. The van der Waals surface area contributed by atoms with Gasteiger partial charge >= 0.3 is 5.63 Å². The largest absolute Gasteiger partial charge is 0.422 e. The van der Waals surface area contributed by atoms with E-state index in [9.17, 15) is 10.1 Å². The summed E-state index contributed by atoms with van der Waals surface area (Å²) < 4.78 is 5.17. The lowest BCUT2D eigenvalue weighted by atomic mass is 9.98. The van der Waals surface area contributed by atoms with Gasteiger partial charge in [0.25, 0.3) is 0 Å². The Hall–Kier alpha value is -2.86. The Kier molecular flexibility index (Phi) is 2.62. The lowest BCUT2D eigenvalue weighted by molar-refractivity contribution is 0.559. The highest BCUT2D eigenvalue weighted by Crippen LogP contribution is 2.29. The molecule has 0 atom stereocenters. The first-order valence-electron chi connectivity index (χ1n) is 5.82. The van der Waals surface area contributed by atoms with Crippen molar-refractivity contribution in [2.24, 2.45) is 0 Å². The molecule has 3 aromatic rings. The Bertz CT molecular complexity index is 842. The lowest BCUT2D eigenvalue weighted by Crippen LogP contribution is -2.06. The van der Waals surface area contributed by atoms with Gasteiger partial charge in [-0.2, -0.15) is 5.26 Å². The smallest absolute Gasteiger partial charge is 0.354 e. The van der Waals surface area contributed by atoms with Gasteiger partial charge in [0.2, 0.25) is 0 Å². The summed E-state index contributed by atoms with van der Waals surface area (Å²) >= 11 is 0. The molecule has 0 aliphatic heterocycles. The van der Waals surface area contributed by atoms with Crippen molar-refractivity contribution >= 4 is 11.0 Å². The van der Waals surface area contributed by atoms with Crippen LogP contribution in [-0.2, 0) is 0 Å². The Labute approximate surface area is 109 Å². The molecule has 0 radical (unpaired) electrons. The van der Waals surface area contributed by atoms with E-state index in [0.29, 0.717) is 11.1 Å². The molecule has 3 rings (SSSR count). The number of hydrogen-bond donors (Lipinski definition) is 0. The number of para-hydroxylation sites is 1. The van der Waals surface area contributed by atoms with Gasteiger partial charge < -0.3 is 4.42 Å². The first-order valence-corrected chi connectivity index (χ1v) is 5.82. The Morgan fingerprint density at radius 3 is 2.37 bits per heavy atom. The van der Waals surface area contributed by atoms with Crippen molar-refractivity contribution in [1.29, 1.82) is 5.26 Å². The SMILES string of the molecule is N#Cc1c(-c2ccccc2)c2ccccc2oc1=O. The summed E-state index contributed by atoms with van der Waals surface area (Å²) in [5.74, 6) is 0. The van der Waals surface area contributed by atoms with E-state index in [2.05, 4.69) is 0 Å². The van der Waals surface area contributed by atoms with Crippen LogP contribution in [-0.4, -0.2) is 0 Å². The number of nitrogens with zero attached hydrogens (tertiary/aromatic N) is 1. The highest BCUT2D eigenvalue weighted by Gasteiger charge is 2.15. The Balaban J connectivity index is 2.52. The summed E-state index contributed by atoms with van der Waals surface area (Å²) in [5.41, 5.74) is 1.41. The minimum atomic E-state index is -0.597. The van der Waals surface area contributed by atoms with E-state index in [0.717, 1.165) is 10.9 Å². The monoisotopic (exact) mass is 247 g/mol. The molecular weight excluding hydrogens is 238 g/mol. The van der Waals surface area contributed by atoms with Gasteiger partial charge in [0.05, 0.1) is 0 Å². The van der Waals surface area contributed by atoms with E-state index in [1.165, 1.54) is 0 Å². The molecule has 3 nitrogen and oxygen atoms in total. The number of hydrogen-bond acceptors (Lipinski definition) is 3. The van der Waals surface area contributed by atoms with Gasteiger partial charge in [-0.3, -0.25) is 0 Å². The van der Waals surface area contributed by atoms with Crippen LogP contribution in [0.2, 0.25) is 0 Å². The third-order valence-corrected chi connectivity index (χ3v) is 2.99. The fraction of sp³-hybridized carbons (Fsp3) is 0. The molecule has 0 fully saturated rings. The first kappa shape index (κ1) is 11.2. The maximum absolute atomic E-state index is 11.9. The molecule has 0 aliphatic carbocycles. The summed E-state index contributed by atoms with van der Waals surface area (Å²) in [4.78, 5) is 11.9. The van der Waals surface area contributed by atoms with Crippen LogP contribution in [0.5, 0.6) is 0 Å². The second-order valence-corrected chi connectivity index (χ2v) is 4.11. The van der Waals surface area contributed by atoms with E-state index in [-0.39, 0.29) is 5.56 Å². The van der Waals surface area contributed by atoms with Crippen LogP contribution in [0.1, 0.15) is 5.56 Å². The number of nitriles is 1. The fourth-order valence-electron chi connectivity index (χ4n) is 2.16. The van der Waals surface area contributed by atoms with Crippen molar-refractivity contribution in [3.63, 3.8) is 0 Å². The standard InChI is InChI=1S/C16H9NO2/c17-10-13-15(11-6-2-1-3-7-11)12-8-4-5-9-14(12)19-16(13)18/h1-9H. The van der Waals surface area contributed by atoms with Gasteiger partial charge in [-0.15, -0.1) is 0 Å². The van der Waals surface area contributed by atoms with Crippen LogP contribution in [0.15, 0.2) is 63.8 Å². The molecule has 1 aromatic heterocycles. The van der Waals surface area contributed by atoms with Crippen LogP contribution < -0.4 is 5.63 Å². The Morgan fingerprint density at radius 1 is 0.947 bits per heavy atom. The van der Waals surface area contributed by atoms with Crippen molar-refractivity contribution < 1.29 is 4.42 Å². The maximum Gasteiger partial charge on any atom is 0.354 e. The average Bonchev–Trinajstić information content (AvgIpc) is 2.46. The summed E-state index contributed by atoms with van der Waals surface area (Å²) in [6.45, 7) is 0. The molecule has 0 aliphatic rings. The van der Waals surface area contributed by atoms with Gasteiger partial charge in [-0.25, -0.2) is 4.79 Å². The number of fused-ring (bicyclic) bond motifs is 1. The zero-order valence-corrected chi connectivity index (χ0v) is 9.96. The molecule has 0 amide bonds. The van der Waals surface area contributed by atoms with Crippen molar-refractivity contribution in [1.82, 2.24) is 0 Å². The first-order chi connectivity index (χ1) is 9.31. The highest BCUT2D eigenvalue weighted by atomic mass is 16.4. The van der Waals surface area contributed by atoms with Gasteiger partial charge in [0.1, 0.15) is 17.2 Å².